The standard InChI is InChI=1S/C4H10O2.4C4H6O2.C2H6O2/c1-4(6)2-3-5;4*1-3(2)4(5)6;3-1-2-4/h4-6H,2-3H2,1H3;4*1H2,2H3,(H,5,6);3-4H,1-2H2. The van der Waals surface area contributed by atoms with E-state index >= 15 is 0 Å². The summed E-state index contributed by atoms with van der Waals surface area (Å²) in [5.41, 5.74) is 0.704. The van der Waals surface area contributed by atoms with Crippen LogP contribution in [0.4, 0.5) is 0 Å². The van der Waals surface area contributed by atoms with Crippen molar-refractivity contribution in [1.82, 2.24) is 0 Å². The molecule has 0 rings (SSSR count). The molecule has 0 fully saturated rings. The maximum absolute atomic E-state index is 9.60. The van der Waals surface area contributed by atoms with Crippen molar-refractivity contribution in [2.45, 2.75) is 47.1 Å². The Labute approximate surface area is 200 Å². The number of aliphatic carboxylic acids is 4. The maximum atomic E-state index is 9.60. The lowest BCUT2D eigenvalue weighted by atomic mass is 10.3. The van der Waals surface area contributed by atoms with Gasteiger partial charge in [0.1, 0.15) is 0 Å². The van der Waals surface area contributed by atoms with Gasteiger partial charge in [0.25, 0.3) is 0 Å². The van der Waals surface area contributed by atoms with Gasteiger partial charge < -0.3 is 40.9 Å². The van der Waals surface area contributed by atoms with E-state index in [-0.39, 0.29) is 48.2 Å². The Bertz CT molecular complexity index is 488. The van der Waals surface area contributed by atoms with Gasteiger partial charge in [-0.05, 0) is 41.0 Å². The molecule has 34 heavy (non-hydrogen) atoms. The average molecular weight is 497 g/mol. The van der Waals surface area contributed by atoms with Crippen molar-refractivity contribution in [3.05, 3.63) is 48.6 Å². The molecule has 0 heterocycles. The van der Waals surface area contributed by atoms with Crippen molar-refractivity contribution < 1.29 is 60.0 Å². The zero-order valence-corrected chi connectivity index (χ0v) is 20.4. The third kappa shape index (κ3) is 79.0. The number of aliphatic hydroxyl groups excluding tert-OH is 4. The second-order valence-corrected chi connectivity index (χ2v) is 6.15. The quantitative estimate of drug-likeness (QED) is 0.233. The summed E-state index contributed by atoms with van der Waals surface area (Å²) >= 11 is 0. The Balaban J connectivity index is -0.0000000695. The molecule has 0 aromatic heterocycles. The van der Waals surface area contributed by atoms with Crippen molar-refractivity contribution in [2.75, 3.05) is 19.8 Å². The summed E-state index contributed by atoms with van der Waals surface area (Å²) < 4.78 is 0. The van der Waals surface area contributed by atoms with Crippen LogP contribution in [0.2, 0.25) is 0 Å². The van der Waals surface area contributed by atoms with E-state index in [4.69, 9.17) is 40.9 Å². The first-order chi connectivity index (χ1) is 15.3. The SMILES string of the molecule is C=C(C)C(=O)O.C=C(C)C(=O)O.C=C(C)C(=O)O.C=C(C)C(=O)O.CC(O)CCO.OCCO. The Morgan fingerprint density at radius 3 is 0.706 bits per heavy atom. The molecule has 1 unspecified atom stereocenters. The highest BCUT2D eigenvalue weighted by atomic mass is 16.4. The van der Waals surface area contributed by atoms with Gasteiger partial charge in [-0.2, -0.15) is 0 Å². The molecule has 0 aliphatic heterocycles. The smallest absolute Gasteiger partial charge is 0.330 e. The van der Waals surface area contributed by atoms with Crippen LogP contribution in [0.25, 0.3) is 0 Å². The predicted octanol–water partition coefficient (Wildman–Crippen LogP) is 1.31. The molecule has 0 spiro atoms. The molecule has 0 saturated heterocycles. The van der Waals surface area contributed by atoms with E-state index in [9.17, 15) is 19.2 Å². The first-order valence-electron chi connectivity index (χ1n) is 9.32. The second kappa shape index (κ2) is 31.9. The van der Waals surface area contributed by atoms with Crippen LogP contribution >= 0.6 is 0 Å². The van der Waals surface area contributed by atoms with Crippen LogP contribution in [0, 0.1) is 0 Å². The van der Waals surface area contributed by atoms with Crippen LogP contribution in [0.15, 0.2) is 48.6 Å². The lowest BCUT2D eigenvalue weighted by molar-refractivity contribution is -0.133. The number of carboxylic acids is 4. The third-order valence-corrected chi connectivity index (χ3v) is 2.11. The summed E-state index contributed by atoms with van der Waals surface area (Å²) in [7, 11) is 0. The largest absolute Gasteiger partial charge is 0.478 e. The predicted molar refractivity (Wildman–Crippen MR) is 127 cm³/mol. The van der Waals surface area contributed by atoms with Crippen LogP contribution in [0.1, 0.15) is 41.0 Å². The summed E-state index contributed by atoms with van der Waals surface area (Å²) in [6, 6.07) is 0. The molecule has 12 nitrogen and oxygen atoms in total. The topological polar surface area (TPSA) is 230 Å². The van der Waals surface area contributed by atoms with Crippen molar-refractivity contribution in [1.29, 1.82) is 0 Å². The van der Waals surface area contributed by atoms with E-state index in [1.165, 1.54) is 27.7 Å². The van der Waals surface area contributed by atoms with E-state index in [0.717, 1.165) is 0 Å². The van der Waals surface area contributed by atoms with Crippen molar-refractivity contribution in [3.63, 3.8) is 0 Å². The van der Waals surface area contributed by atoms with Crippen LogP contribution in [0.3, 0.4) is 0 Å². The minimum Gasteiger partial charge on any atom is -0.478 e. The van der Waals surface area contributed by atoms with Crippen molar-refractivity contribution in [2.24, 2.45) is 0 Å². The average Bonchev–Trinajstić information content (AvgIpc) is 2.69. The van der Waals surface area contributed by atoms with Gasteiger partial charge in [0.05, 0.1) is 19.3 Å². The summed E-state index contributed by atoms with van der Waals surface area (Å²) in [4.78, 5) is 38.4. The molecule has 0 bridgehead atoms. The number of hydrogen-bond acceptors (Lipinski definition) is 8. The lowest BCUT2D eigenvalue weighted by Gasteiger charge is -1.95. The summed E-state index contributed by atoms with van der Waals surface area (Å²) in [5.74, 6) is -3.74. The fourth-order valence-corrected chi connectivity index (χ4v) is 0.187. The Kier molecular flexibility index (Phi) is 41.6. The molecule has 0 saturated carbocycles. The van der Waals surface area contributed by atoms with Crippen LogP contribution in [-0.2, 0) is 19.2 Å². The molecule has 0 aromatic carbocycles. The van der Waals surface area contributed by atoms with Crippen molar-refractivity contribution in [3.8, 4) is 0 Å². The highest BCUT2D eigenvalue weighted by molar-refractivity contribution is 5.85. The van der Waals surface area contributed by atoms with Gasteiger partial charge in [-0.15, -0.1) is 0 Å². The highest BCUT2D eigenvalue weighted by Crippen LogP contribution is 1.84. The first-order valence-corrected chi connectivity index (χ1v) is 9.32. The Morgan fingerprint density at radius 2 is 0.706 bits per heavy atom. The lowest BCUT2D eigenvalue weighted by Crippen LogP contribution is -2.00. The molecule has 0 amide bonds. The second-order valence-electron chi connectivity index (χ2n) is 6.15. The number of carbonyl (C=O) groups is 4. The molecular weight excluding hydrogens is 456 g/mol. The van der Waals surface area contributed by atoms with Gasteiger partial charge in [0.15, 0.2) is 0 Å². The highest BCUT2D eigenvalue weighted by Gasteiger charge is 1.92. The molecule has 0 aromatic rings. The Hall–Kier alpha value is -3.32. The number of rotatable bonds is 7. The van der Waals surface area contributed by atoms with Gasteiger partial charge in [-0.25, -0.2) is 19.2 Å². The van der Waals surface area contributed by atoms with E-state index < -0.39 is 23.9 Å². The van der Waals surface area contributed by atoms with E-state index in [1.807, 2.05) is 0 Å². The number of aliphatic hydroxyl groups is 4. The molecule has 12 heteroatoms. The minimum absolute atomic E-state index is 0.0810. The molecule has 8 N–H and O–H groups in total. The molecule has 0 aliphatic carbocycles. The van der Waals surface area contributed by atoms with Gasteiger partial charge in [0, 0.05) is 28.9 Å². The minimum atomic E-state index is -0.935. The van der Waals surface area contributed by atoms with Crippen LogP contribution in [-0.4, -0.2) is 90.7 Å². The zero-order valence-electron chi connectivity index (χ0n) is 20.4. The summed E-state index contributed by atoms with van der Waals surface area (Å²) in [6.45, 7) is 19.9. The fraction of sp³-hybridized carbons (Fsp3) is 0.455. The van der Waals surface area contributed by atoms with Crippen LogP contribution < -0.4 is 0 Å². The van der Waals surface area contributed by atoms with Gasteiger partial charge in [0.2, 0.25) is 0 Å². The van der Waals surface area contributed by atoms with Gasteiger partial charge in [-0.3, -0.25) is 0 Å². The molecule has 0 aliphatic rings. The molecule has 200 valence electrons. The van der Waals surface area contributed by atoms with E-state index in [0.29, 0.717) is 6.42 Å². The van der Waals surface area contributed by atoms with Gasteiger partial charge in [-0.1, -0.05) is 26.3 Å². The molecular formula is C22H40O12. The maximum Gasteiger partial charge on any atom is 0.330 e. The summed E-state index contributed by atoms with van der Waals surface area (Å²) in [5, 5.41) is 63.3. The normalized spacial score (nSPS) is 8.74. The van der Waals surface area contributed by atoms with E-state index in [2.05, 4.69) is 26.3 Å². The fourth-order valence-electron chi connectivity index (χ4n) is 0.187. The number of hydrogen-bond donors (Lipinski definition) is 8. The van der Waals surface area contributed by atoms with E-state index in [1.54, 1.807) is 6.92 Å². The third-order valence-electron chi connectivity index (χ3n) is 2.11. The number of carboxylic acid groups (broad SMARTS) is 4. The van der Waals surface area contributed by atoms with Crippen LogP contribution in [0.5, 0.6) is 0 Å². The zero-order chi connectivity index (χ0) is 29.0. The first kappa shape index (κ1) is 44.4. The monoisotopic (exact) mass is 496 g/mol. The Morgan fingerprint density at radius 1 is 0.559 bits per heavy atom. The van der Waals surface area contributed by atoms with Crippen molar-refractivity contribution >= 4 is 23.9 Å². The molecule has 1 atom stereocenters. The van der Waals surface area contributed by atoms with Gasteiger partial charge >= 0.3 is 23.9 Å². The molecule has 0 radical (unpaired) electrons. The summed E-state index contributed by atoms with van der Waals surface area (Å²) in [6.07, 6.45) is 0.134.